The molecule has 0 aromatic carbocycles. The third kappa shape index (κ3) is 2.42. The van der Waals surface area contributed by atoms with Gasteiger partial charge in [-0.2, -0.15) is 0 Å². The van der Waals surface area contributed by atoms with Gasteiger partial charge >= 0.3 is 0 Å². The zero-order valence-corrected chi connectivity index (χ0v) is 12.9. The summed E-state index contributed by atoms with van der Waals surface area (Å²) in [7, 11) is 0. The number of carbonyl (C=O) groups is 1. The van der Waals surface area contributed by atoms with Gasteiger partial charge in [-0.15, -0.1) is 0 Å². The lowest BCUT2D eigenvalue weighted by Crippen LogP contribution is -2.19. The summed E-state index contributed by atoms with van der Waals surface area (Å²) >= 11 is 0. The van der Waals surface area contributed by atoms with Gasteiger partial charge in [0.2, 0.25) is 0 Å². The fraction of sp³-hybridized carbons (Fsp3) is 0.167. The molecule has 0 bridgehead atoms. The predicted octanol–water partition coefficient (Wildman–Crippen LogP) is 2.51. The molecule has 1 aliphatic carbocycles. The van der Waals surface area contributed by atoms with Gasteiger partial charge in [0.1, 0.15) is 5.69 Å². The number of aryl methyl sites for hydroxylation is 2. The standard InChI is InChI=1S/C18H16N4O2/c23-17(22-14-7-3-9-20-18(14)24)12-10-21-13-6-1-4-11-5-2-8-19-16(11)15(12)13/h2-3,5,7-10,21H,1,4,6H2,(H,20,24)(H,22,23). The number of aromatic nitrogens is 3. The number of amides is 1. The molecule has 6 nitrogen and oxygen atoms in total. The van der Waals surface area contributed by atoms with Crippen molar-refractivity contribution >= 4 is 11.6 Å². The molecule has 4 rings (SSSR count). The maximum atomic E-state index is 12.7. The number of hydrogen-bond acceptors (Lipinski definition) is 3. The predicted molar refractivity (Wildman–Crippen MR) is 91.1 cm³/mol. The molecular weight excluding hydrogens is 304 g/mol. The maximum Gasteiger partial charge on any atom is 0.271 e. The normalized spacial score (nSPS) is 12.8. The van der Waals surface area contributed by atoms with Crippen molar-refractivity contribution in [2.24, 2.45) is 0 Å². The first-order valence-corrected chi connectivity index (χ1v) is 7.87. The van der Waals surface area contributed by atoms with Crippen LogP contribution in [0.15, 0.2) is 47.7 Å². The second-order valence-electron chi connectivity index (χ2n) is 5.79. The summed E-state index contributed by atoms with van der Waals surface area (Å²) in [5.74, 6) is -0.317. The number of hydrogen-bond donors (Lipinski definition) is 3. The molecular formula is C18H16N4O2. The maximum absolute atomic E-state index is 12.7. The number of carbonyl (C=O) groups excluding carboxylic acids is 1. The first-order valence-electron chi connectivity index (χ1n) is 7.87. The minimum absolute atomic E-state index is 0.229. The van der Waals surface area contributed by atoms with E-state index in [1.54, 1.807) is 24.5 Å². The smallest absolute Gasteiger partial charge is 0.271 e. The molecule has 1 amide bonds. The van der Waals surface area contributed by atoms with E-state index in [1.807, 2.05) is 12.1 Å². The fourth-order valence-corrected chi connectivity index (χ4v) is 3.14. The van der Waals surface area contributed by atoms with Crippen molar-refractivity contribution in [2.75, 3.05) is 5.32 Å². The van der Waals surface area contributed by atoms with Crippen LogP contribution < -0.4 is 10.9 Å². The Balaban J connectivity index is 1.77. The number of nitrogens with zero attached hydrogens (tertiary/aromatic N) is 1. The van der Waals surface area contributed by atoms with Crippen molar-refractivity contribution in [1.29, 1.82) is 0 Å². The summed E-state index contributed by atoms with van der Waals surface area (Å²) < 4.78 is 0. The van der Waals surface area contributed by atoms with E-state index in [0.717, 1.165) is 41.8 Å². The molecule has 0 atom stereocenters. The van der Waals surface area contributed by atoms with E-state index in [9.17, 15) is 9.59 Å². The largest absolute Gasteiger partial charge is 0.364 e. The quantitative estimate of drug-likeness (QED) is 0.677. The molecule has 120 valence electrons. The number of pyridine rings is 2. The zero-order chi connectivity index (χ0) is 16.5. The molecule has 0 saturated heterocycles. The monoisotopic (exact) mass is 320 g/mol. The van der Waals surface area contributed by atoms with Crippen molar-refractivity contribution in [2.45, 2.75) is 19.3 Å². The van der Waals surface area contributed by atoms with Gasteiger partial charge in [0.15, 0.2) is 0 Å². The van der Waals surface area contributed by atoms with Crippen molar-refractivity contribution in [3.63, 3.8) is 0 Å². The average molecular weight is 320 g/mol. The molecule has 6 heteroatoms. The van der Waals surface area contributed by atoms with Gasteiger partial charge in [-0.25, -0.2) is 0 Å². The van der Waals surface area contributed by atoms with E-state index in [-0.39, 0.29) is 17.2 Å². The van der Waals surface area contributed by atoms with Crippen LogP contribution in [-0.4, -0.2) is 20.9 Å². The zero-order valence-electron chi connectivity index (χ0n) is 12.9. The summed E-state index contributed by atoms with van der Waals surface area (Å²) in [6.07, 6.45) is 7.77. The van der Waals surface area contributed by atoms with Crippen LogP contribution in [0.1, 0.15) is 28.0 Å². The second kappa shape index (κ2) is 5.81. The van der Waals surface area contributed by atoms with Crippen LogP contribution in [0.5, 0.6) is 0 Å². The molecule has 0 unspecified atom stereocenters. The Labute approximate surface area is 138 Å². The molecule has 0 aliphatic heterocycles. The molecule has 0 saturated carbocycles. The van der Waals surface area contributed by atoms with Crippen LogP contribution in [0.4, 0.5) is 5.69 Å². The van der Waals surface area contributed by atoms with Crippen molar-refractivity contribution in [3.05, 3.63) is 70.0 Å². The van der Waals surface area contributed by atoms with Gasteiger partial charge in [-0.05, 0) is 43.0 Å². The van der Waals surface area contributed by atoms with Gasteiger partial charge in [0.05, 0.1) is 11.3 Å². The fourth-order valence-electron chi connectivity index (χ4n) is 3.14. The topological polar surface area (TPSA) is 90.6 Å². The third-order valence-electron chi connectivity index (χ3n) is 4.27. The van der Waals surface area contributed by atoms with Gasteiger partial charge < -0.3 is 15.3 Å². The van der Waals surface area contributed by atoms with E-state index in [0.29, 0.717) is 5.56 Å². The summed E-state index contributed by atoms with van der Waals surface area (Å²) in [6, 6.07) is 7.22. The van der Waals surface area contributed by atoms with E-state index in [4.69, 9.17) is 0 Å². The van der Waals surface area contributed by atoms with Crippen molar-refractivity contribution in [1.82, 2.24) is 15.0 Å². The van der Waals surface area contributed by atoms with Gasteiger partial charge in [0, 0.05) is 29.8 Å². The van der Waals surface area contributed by atoms with E-state index in [1.165, 1.54) is 6.20 Å². The Hall–Kier alpha value is -3.15. The Kier molecular flexibility index (Phi) is 3.49. The molecule has 24 heavy (non-hydrogen) atoms. The molecule has 1 aliphatic rings. The first kappa shape index (κ1) is 14.4. The van der Waals surface area contributed by atoms with Crippen LogP contribution >= 0.6 is 0 Å². The van der Waals surface area contributed by atoms with Gasteiger partial charge in [-0.3, -0.25) is 14.6 Å². The summed E-state index contributed by atoms with van der Waals surface area (Å²) in [5, 5.41) is 2.68. The number of anilines is 1. The Morgan fingerprint density at radius 1 is 1.17 bits per heavy atom. The number of aromatic amines is 2. The van der Waals surface area contributed by atoms with E-state index < -0.39 is 0 Å². The molecule has 0 radical (unpaired) electrons. The number of rotatable bonds is 2. The number of H-pyrrole nitrogens is 2. The molecule has 3 N–H and O–H groups in total. The van der Waals surface area contributed by atoms with Crippen LogP contribution in [0, 0.1) is 0 Å². The lowest BCUT2D eigenvalue weighted by Gasteiger charge is -2.08. The van der Waals surface area contributed by atoms with Crippen LogP contribution in [0.25, 0.3) is 11.3 Å². The van der Waals surface area contributed by atoms with Crippen molar-refractivity contribution in [3.8, 4) is 11.3 Å². The molecule has 0 fully saturated rings. The highest BCUT2D eigenvalue weighted by Gasteiger charge is 2.24. The Morgan fingerprint density at radius 3 is 2.96 bits per heavy atom. The third-order valence-corrected chi connectivity index (χ3v) is 4.27. The number of nitrogens with one attached hydrogen (secondary N) is 3. The minimum Gasteiger partial charge on any atom is -0.364 e. The van der Waals surface area contributed by atoms with Gasteiger partial charge in [0.25, 0.3) is 11.5 Å². The first-order chi connectivity index (χ1) is 11.7. The highest BCUT2D eigenvalue weighted by Crippen LogP contribution is 2.33. The van der Waals surface area contributed by atoms with E-state index in [2.05, 4.69) is 20.3 Å². The van der Waals surface area contributed by atoms with E-state index >= 15 is 0 Å². The lowest BCUT2D eigenvalue weighted by atomic mass is 10.0. The molecule has 3 aromatic rings. The van der Waals surface area contributed by atoms with Gasteiger partial charge in [-0.1, -0.05) is 6.07 Å². The Bertz CT molecular complexity index is 971. The summed E-state index contributed by atoms with van der Waals surface area (Å²) in [5.41, 5.74) is 4.25. The summed E-state index contributed by atoms with van der Waals surface area (Å²) in [6.45, 7) is 0. The Morgan fingerprint density at radius 2 is 2.08 bits per heavy atom. The van der Waals surface area contributed by atoms with Crippen molar-refractivity contribution < 1.29 is 4.79 Å². The highest BCUT2D eigenvalue weighted by molar-refractivity contribution is 6.09. The average Bonchev–Trinajstić information content (AvgIpc) is 2.93. The SMILES string of the molecule is O=C(Nc1ccc[nH]c1=O)c1c[nH]c2c1-c1ncccc1CCC2. The highest BCUT2D eigenvalue weighted by atomic mass is 16.2. The minimum atomic E-state index is -0.328. The second-order valence-corrected chi connectivity index (χ2v) is 5.79. The van der Waals surface area contributed by atoms with Crippen LogP contribution in [0.2, 0.25) is 0 Å². The van der Waals surface area contributed by atoms with Crippen LogP contribution in [-0.2, 0) is 12.8 Å². The van der Waals surface area contributed by atoms with Crippen LogP contribution in [0.3, 0.4) is 0 Å². The number of fused-ring (bicyclic) bond motifs is 3. The molecule has 3 heterocycles. The molecule has 0 spiro atoms. The molecule has 3 aromatic heterocycles. The summed E-state index contributed by atoms with van der Waals surface area (Å²) in [4.78, 5) is 34.7. The lowest BCUT2D eigenvalue weighted by molar-refractivity contribution is 0.102.